The lowest BCUT2D eigenvalue weighted by Crippen LogP contribution is -2.30. The number of ether oxygens (including phenoxy) is 1. The predicted octanol–water partition coefficient (Wildman–Crippen LogP) is 2.66. The molecular formula is C23H24N2O4S. The van der Waals surface area contributed by atoms with E-state index in [9.17, 15) is 13.2 Å². The Hall–Kier alpha value is -3.16. The minimum atomic E-state index is -3.70. The zero-order chi connectivity index (χ0) is 21.4. The molecule has 0 aromatic heterocycles. The van der Waals surface area contributed by atoms with E-state index in [1.165, 1.54) is 17.7 Å². The summed E-state index contributed by atoms with van der Waals surface area (Å²) in [7, 11) is -3.70. The van der Waals surface area contributed by atoms with Crippen LogP contribution in [0.1, 0.15) is 16.7 Å². The molecule has 0 bridgehead atoms. The molecule has 0 aliphatic carbocycles. The van der Waals surface area contributed by atoms with Crippen molar-refractivity contribution in [3.63, 3.8) is 0 Å². The normalized spacial score (nSPS) is 11.1. The highest BCUT2D eigenvalue weighted by molar-refractivity contribution is 7.89. The quantitative estimate of drug-likeness (QED) is 0.552. The van der Waals surface area contributed by atoms with E-state index < -0.39 is 10.0 Å². The number of rotatable bonds is 9. The Morgan fingerprint density at radius 3 is 2.23 bits per heavy atom. The van der Waals surface area contributed by atoms with Crippen LogP contribution < -0.4 is 15.2 Å². The molecule has 6 nitrogen and oxygen atoms in total. The van der Waals surface area contributed by atoms with Crippen LogP contribution in [-0.4, -0.2) is 27.5 Å². The highest BCUT2D eigenvalue weighted by Gasteiger charge is 2.09. The maximum absolute atomic E-state index is 12.1. The molecule has 3 rings (SSSR count). The first-order valence-electron chi connectivity index (χ1n) is 9.55. The van der Waals surface area contributed by atoms with Crippen LogP contribution in [0.15, 0.2) is 83.8 Å². The number of carbonyl (C=O) groups excluding carboxylic acids is 1. The molecule has 3 N–H and O–H groups in total. The van der Waals surface area contributed by atoms with Gasteiger partial charge in [-0.15, -0.1) is 0 Å². The fraction of sp³-hybridized carbons (Fsp3) is 0.174. The van der Waals surface area contributed by atoms with Gasteiger partial charge in [0, 0.05) is 13.0 Å². The van der Waals surface area contributed by atoms with E-state index in [0.717, 1.165) is 17.5 Å². The summed E-state index contributed by atoms with van der Waals surface area (Å²) in [6, 6.07) is 24.0. The SMILES string of the molecule is NS(=O)(=O)c1ccc(CCNC(=O)COc2ccccc2Cc2ccccc2)cc1. The third-order valence-corrected chi connectivity index (χ3v) is 5.49. The number of hydrogen-bond donors (Lipinski definition) is 2. The maximum Gasteiger partial charge on any atom is 0.257 e. The van der Waals surface area contributed by atoms with Gasteiger partial charge in [-0.05, 0) is 41.3 Å². The summed E-state index contributed by atoms with van der Waals surface area (Å²) in [5, 5.41) is 7.89. The molecule has 156 valence electrons. The van der Waals surface area contributed by atoms with Crippen molar-refractivity contribution in [2.45, 2.75) is 17.7 Å². The molecule has 3 aromatic rings. The van der Waals surface area contributed by atoms with E-state index in [2.05, 4.69) is 17.4 Å². The van der Waals surface area contributed by atoms with Gasteiger partial charge in [-0.25, -0.2) is 13.6 Å². The Bertz CT molecular complexity index is 1080. The zero-order valence-electron chi connectivity index (χ0n) is 16.5. The molecule has 30 heavy (non-hydrogen) atoms. The lowest BCUT2D eigenvalue weighted by atomic mass is 10.0. The summed E-state index contributed by atoms with van der Waals surface area (Å²) in [6.45, 7) is 0.346. The second-order valence-corrected chi connectivity index (χ2v) is 8.41. The number of para-hydroxylation sites is 1. The van der Waals surface area contributed by atoms with Gasteiger partial charge in [-0.2, -0.15) is 0 Å². The molecule has 0 saturated heterocycles. The first-order valence-corrected chi connectivity index (χ1v) is 11.1. The summed E-state index contributed by atoms with van der Waals surface area (Å²) < 4.78 is 28.3. The molecule has 0 spiro atoms. The fourth-order valence-electron chi connectivity index (χ4n) is 2.99. The molecule has 0 aliphatic rings. The maximum atomic E-state index is 12.1. The summed E-state index contributed by atoms with van der Waals surface area (Å²) in [6.07, 6.45) is 1.30. The lowest BCUT2D eigenvalue weighted by molar-refractivity contribution is -0.123. The third-order valence-electron chi connectivity index (χ3n) is 4.56. The van der Waals surface area contributed by atoms with Crippen LogP contribution in [0.5, 0.6) is 5.75 Å². The molecule has 1 amide bonds. The van der Waals surface area contributed by atoms with Crippen LogP contribution in [0.25, 0.3) is 0 Å². The van der Waals surface area contributed by atoms with Crippen molar-refractivity contribution in [3.8, 4) is 5.75 Å². The van der Waals surface area contributed by atoms with Crippen LogP contribution >= 0.6 is 0 Å². The Kier molecular flexibility index (Phi) is 7.21. The van der Waals surface area contributed by atoms with Gasteiger partial charge >= 0.3 is 0 Å². The van der Waals surface area contributed by atoms with Crippen LogP contribution in [0, 0.1) is 0 Å². The second-order valence-electron chi connectivity index (χ2n) is 6.85. The van der Waals surface area contributed by atoms with Crippen molar-refractivity contribution in [2.75, 3.05) is 13.2 Å². The molecule has 0 radical (unpaired) electrons. The number of sulfonamides is 1. The van der Waals surface area contributed by atoms with Crippen LogP contribution in [0.3, 0.4) is 0 Å². The van der Waals surface area contributed by atoms with Gasteiger partial charge in [0.2, 0.25) is 10.0 Å². The average Bonchev–Trinajstić information content (AvgIpc) is 2.74. The standard InChI is InChI=1S/C23H24N2O4S/c24-30(27,28)21-12-10-18(11-13-21)14-15-25-23(26)17-29-22-9-5-4-8-20(22)16-19-6-2-1-3-7-19/h1-13H,14-17H2,(H,25,26)(H2,24,27,28). The number of amides is 1. The monoisotopic (exact) mass is 424 g/mol. The number of hydrogen-bond acceptors (Lipinski definition) is 4. The van der Waals surface area contributed by atoms with E-state index in [1.807, 2.05) is 42.5 Å². The van der Waals surface area contributed by atoms with Crippen molar-refractivity contribution in [1.29, 1.82) is 0 Å². The predicted molar refractivity (Wildman–Crippen MR) is 116 cm³/mol. The molecule has 0 fully saturated rings. The molecule has 3 aromatic carbocycles. The molecule has 0 heterocycles. The van der Waals surface area contributed by atoms with Crippen LogP contribution in [0.2, 0.25) is 0 Å². The highest BCUT2D eigenvalue weighted by atomic mass is 32.2. The fourth-order valence-corrected chi connectivity index (χ4v) is 3.51. The number of carbonyl (C=O) groups is 1. The lowest BCUT2D eigenvalue weighted by Gasteiger charge is -2.12. The van der Waals surface area contributed by atoms with E-state index >= 15 is 0 Å². The van der Waals surface area contributed by atoms with E-state index in [4.69, 9.17) is 9.88 Å². The van der Waals surface area contributed by atoms with Crippen LogP contribution in [-0.2, 0) is 27.7 Å². The van der Waals surface area contributed by atoms with E-state index in [1.54, 1.807) is 12.1 Å². The minimum Gasteiger partial charge on any atom is -0.483 e. The Morgan fingerprint density at radius 2 is 1.53 bits per heavy atom. The van der Waals surface area contributed by atoms with Gasteiger partial charge in [-0.3, -0.25) is 4.79 Å². The van der Waals surface area contributed by atoms with E-state index in [-0.39, 0.29) is 17.4 Å². The molecular weight excluding hydrogens is 400 g/mol. The average molecular weight is 425 g/mol. The Morgan fingerprint density at radius 1 is 0.867 bits per heavy atom. The molecule has 0 unspecified atom stereocenters. The third kappa shape index (κ3) is 6.43. The summed E-state index contributed by atoms with van der Waals surface area (Å²) >= 11 is 0. The van der Waals surface area contributed by atoms with Gasteiger partial charge in [0.25, 0.3) is 5.91 Å². The van der Waals surface area contributed by atoms with Gasteiger partial charge in [0.05, 0.1) is 4.90 Å². The highest BCUT2D eigenvalue weighted by Crippen LogP contribution is 2.21. The summed E-state index contributed by atoms with van der Waals surface area (Å²) in [5.74, 6) is 0.473. The van der Waals surface area contributed by atoms with Crippen molar-refractivity contribution in [3.05, 3.63) is 95.6 Å². The van der Waals surface area contributed by atoms with Gasteiger partial charge < -0.3 is 10.1 Å². The van der Waals surface area contributed by atoms with Crippen molar-refractivity contribution >= 4 is 15.9 Å². The number of primary sulfonamides is 1. The molecule has 0 atom stereocenters. The first kappa shape index (κ1) is 21.5. The minimum absolute atomic E-state index is 0.0675. The van der Waals surface area contributed by atoms with Gasteiger partial charge in [-0.1, -0.05) is 60.7 Å². The van der Waals surface area contributed by atoms with E-state index in [0.29, 0.717) is 18.7 Å². The van der Waals surface area contributed by atoms with Crippen molar-refractivity contribution in [1.82, 2.24) is 5.32 Å². The topological polar surface area (TPSA) is 98.5 Å². The largest absolute Gasteiger partial charge is 0.483 e. The van der Waals surface area contributed by atoms with Crippen LogP contribution in [0.4, 0.5) is 0 Å². The Balaban J connectivity index is 1.47. The zero-order valence-corrected chi connectivity index (χ0v) is 17.3. The second kappa shape index (κ2) is 10.0. The van der Waals surface area contributed by atoms with Gasteiger partial charge in [0.1, 0.15) is 5.75 Å². The smallest absolute Gasteiger partial charge is 0.257 e. The number of nitrogens with one attached hydrogen (secondary N) is 1. The number of benzene rings is 3. The Labute approximate surface area is 176 Å². The molecule has 0 saturated carbocycles. The summed E-state index contributed by atoms with van der Waals surface area (Å²) in [5.41, 5.74) is 3.09. The van der Waals surface area contributed by atoms with Crippen molar-refractivity contribution < 1.29 is 17.9 Å². The van der Waals surface area contributed by atoms with Crippen molar-refractivity contribution in [2.24, 2.45) is 5.14 Å². The summed E-state index contributed by atoms with van der Waals surface area (Å²) in [4.78, 5) is 12.2. The first-order chi connectivity index (χ1) is 14.4. The van der Waals surface area contributed by atoms with Gasteiger partial charge in [0.15, 0.2) is 6.61 Å². The number of nitrogens with two attached hydrogens (primary N) is 1. The molecule has 0 aliphatic heterocycles. The molecule has 7 heteroatoms.